The van der Waals surface area contributed by atoms with Crippen LogP contribution in [0.4, 0.5) is 0 Å². The smallest absolute Gasteiger partial charge is 0.203 e. The van der Waals surface area contributed by atoms with Gasteiger partial charge in [-0.25, -0.2) is 0 Å². The second kappa shape index (κ2) is 15.8. The van der Waals surface area contributed by atoms with Gasteiger partial charge < -0.3 is 39.0 Å². The van der Waals surface area contributed by atoms with Crippen LogP contribution in [0.3, 0.4) is 0 Å². The SMILES string of the molecule is COc1cc(CCN2CCN(CCCCOc3ccccc3C3(C(C)C)Sc4ccccc4C(C)N3[O-])CC2)cc(OC)c1OC. The summed E-state index contributed by atoms with van der Waals surface area (Å²) in [6, 6.07) is 20.3. The van der Waals surface area contributed by atoms with Gasteiger partial charge >= 0.3 is 0 Å². The number of para-hydroxylation sites is 1. The highest BCUT2D eigenvalue weighted by Gasteiger charge is 2.45. The highest BCUT2D eigenvalue weighted by Crippen LogP contribution is 2.58. The van der Waals surface area contributed by atoms with Gasteiger partial charge in [-0.2, -0.15) is 0 Å². The minimum absolute atomic E-state index is 0.0797. The predicted octanol–water partition coefficient (Wildman–Crippen LogP) is 7.21. The number of rotatable bonds is 14. The van der Waals surface area contributed by atoms with E-state index in [0.29, 0.717) is 23.9 Å². The molecule has 9 heteroatoms. The molecule has 0 aromatic heterocycles. The van der Waals surface area contributed by atoms with Gasteiger partial charge in [0.15, 0.2) is 11.5 Å². The molecule has 1 fully saturated rings. The van der Waals surface area contributed by atoms with Gasteiger partial charge in [0, 0.05) is 49.2 Å². The zero-order valence-electron chi connectivity index (χ0n) is 28.3. The highest BCUT2D eigenvalue weighted by molar-refractivity contribution is 8.00. The average Bonchev–Trinajstić information content (AvgIpc) is 3.08. The van der Waals surface area contributed by atoms with E-state index >= 15 is 0 Å². The minimum atomic E-state index is -0.754. The fourth-order valence-electron chi connectivity index (χ4n) is 6.71. The molecular weight excluding hydrogens is 598 g/mol. The van der Waals surface area contributed by atoms with Crippen molar-refractivity contribution in [2.45, 2.75) is 55.8 Å². The standard InChI is InChI=1S/C37H50N3O5S/c1-27(2)37(40(41)28(3)30-13-7-10-16-35(30)46-37)31-14-8-9-15-32(31)45-24-12-11-18-38-20-22-39(23-21-38)19-17-29-25-33(42-4)36(44-6)34(26-29)43-5/h7-10,13-16,25-28H,11-12,17-24H2,1-6H3/q-1. The van der Waals surface area contributed by atoms with Crippen LogP contribution in [0.25, 0.3) is 0 Å². The maximum absolute atomic E-state index is 14.0. The largest absolute Gasteiger partial charge is 0.784 e. The Labute approximate surface area is 279 Å². The Morgan fingerprint density at radius 3 is 2.11 bits per heavy atom. The van der Waals surface area contributed by atoms with Crippen LogP contribution in [-0.4, -0.2) is 82.1 Å². The number of fused-ring (bicyclic) bond motifs is 1. The first-order valence-electron chi connectivity index (χ1n) is 16.5. The van der Waals surface area contributed by atoms with Crippen LogP contribution in [0.15, 0.2) is 65.6 Å². The molecule has 1 saturated heterocycles. The van der Waals surface area contributed by atoms with Gasteiger partial charge in [-0.1, -0.05) is 62.0 Å². The number of nitrogens with zero attached hydrogens (tertiary/aromatic N) is 3. The lowest BCUT2D eigenvalue weighted by Gasteiger charge is -2.57. The lowest BCUT2D eigenvalue weighted by atomic mass is 9.91. The minimum Gasteiger partial charge on any atom is -0.784 e. The Kier molecular flexibility index (Phi) is 11.8. The molecule has 2 aliphatic rings. The molecule has 2 atom stereocenters. The summed E-state index contributed by atoms with van der Waals surface area (Å²) < 4.78 is 22.9. The Morgan fingerprint density at radius 1 is 0.826 bits per heavy atom. The number of piperazine rings is 1. The molecule has 8 nitrogen and oxygen atoms in total. The summed E-state index contributed by atoms with van der Waals surface area (Å²) >= 11 is 1.67. The van der Waals surface area contributed by atoms with Gasteiger partial charge in [-0.3, -0.25) is 0 Å². The topological polar surface area (TPSA) is 69.7 Å². The molecular formula is C37H50N3O5S-. The summed E-state index contributed by atoms with van der Waals surface area (Å²) in [5.74, 6) is 2.94. The summed E-state index contributed by atoms with van der Waals surface area (Å²) in [7, 11) is 4.95. The average molecular weight is 649 g/mol. The number of hydroxylamine groups is 2. The van der Waals surface area contributed by atoms with Gasteiger partial charge in [0.2, 0.25) is 5.75 Å². The Bertz CT molecular complexity index is 1400. The first-order chi connectivity index (χ1) is 22.3. The maximum Gasteiger partial charge on any atom is 0.203 e. The summed E-state index contributed by atoms with van der Waals surface area (Å²) in [6.07, 6.45) is 2.98. The van der Waals surface area contributed by atoms with E-state index in [1.807, 2.05) is 43.3 Å². The number of hydrogen-bond donors (Lipinski definition) is 0. The molecule has 5 rings (SSSR count). The number of hydrogen-bond acceptors (Lipinski definition) is 9. The third kappa shape index (κ3) is 7.29. The Morgan fingerprint density at radius 2 is 1.46 bits per heavy atom. The number of methoxy groups -OCH3 is 3. The van der Waals surface area contributed by atoms with Gasteiger partial charge in [0.25, 0.3) is 0 Å². The molecule has 0 spiro atoms. The van der Waals surface area contributed by atoms with Crippen LogP contribution in [0, 0.1) is 11.1 Å². The first-order valence-corrected chi connectivity index (χ1v) is 17.3. The second-order valence-electron chi connectivity index (χ2n) is 12.5. The molecule has 250 valence electrons. The van der Waals surface area contributed by atoms with E-state index in [9.17, 15) is 5.21 Å². The van der Waals surface area contributed by atoms with Crippen molar-refractivity contribution in [2.75, 3.05) is 67.2 Å². The molecule has 0 saturated carbocycles. The molecule has 2 heterocycles. The molecule has 2 aliphatic heterocycles. The van der Waals surface area contributed by atoms with Crippen molar-refractivity contribution in [3.8, 4) is 23.0 Å². The molecule has 0 aliphatic carbocycles. The van der Waals surface area contributed by atoms with Crippen LogP contribution in [0.5, 0.6) is 23.0 Å². The van der Waals surface area contributed by atoms with E-state index in [0.717, 1.165) is 75.4 Å². The summed E-state index contributed by atoms with van der Waals surface area (Å²) in [5.41, 5.74) is 3.24. The molecule has 0 amide bonds. The number of thioether (sulfide) groups is 1. The summed E-state index contributed by atoms with van der Waals surface area (Å²) in [5, 5.41) is 15.3. The lowest BCUT2D eigenvalue weighted by Crippen LogP contribution is -2.48. The molecule has 0 radical (unpaired) electrons. The van der Waals surface area contributed by atoms with Crippen LogP contribution in [0.2, 0.25) is 0 Å². The third-order valence-electron chi connectivity index (χ3n) is 9.40. The van der Waals surface area contributed by atoms with Crippen molar-refractivity contribution in [2.24, 2.45) is 5.92 Å². The zero-order valence-corrected chi connectivity index (χ0v) is 29.1. The number of benzene rings is 3. The van der Waals surface area contributed by atoms with Crippen LogP contribution in [-0.2, 0) is 11.3 Å². The molecule has 0 bridgehead atoms. The molecule has 3 aromatic rings. The fraction of sp³-hybridized carbons (Fsp3) is 0.514. The second-order valence-corrected chi connectivity index (χ2v) is 13.8. The monoisotopic (exact) mass is 648 g/mol. The van der Waals surface area contributed by atoms with Crippen molar-refractivity contribution in [1.82, 2.24) is 14.9 Å². The summed E-state index contributed by atoms with van der Waals surface area (Å²) in [6.45, 7) is 13.3. The van der Waals surface area contributed by atoms with Crippen LogP contribution in [0.1, 0.15) is 56.3 Å². The molecule has 3 aromatic carbocycles. The van der Waals surface area contributed by atoms with Crippen molar-refractivity contribution in [1.29, 1.82) is 0 Å². The molecule has 46 heavy (non-hydrogen) atoms. The Hall–Kier alpha value is -2.95. The van der Waals surface area contributed by atoms with E-state index in [2.05, 4.69) is 47.9 Å². The lowest BCUT2D eigenvalue weighted by molar-refractivity contribution is 0.126. The highest BCUT2D eigenvalue weighted by atomic mass is 32.2. The van der Waals surface area contributed by atoms with E-state index in [1.54, 1.807) is 33.1 Å². The van der Waals surface area contributed by atoms with Crippen molar-refractivity contribution in [3.63, 3.8) is 0 Å². The van der Waals surface area contributed by atoms with E-state index in [4.69, 9.17) is 18.9 Å². The van der Waals surface area contributed by atoms with E-state index in [-0.39, 0.29) is 12.0 Å². The molecule has 2 unspecified atom stereocenters. The van der Waals surface area contributed by atoms with Gasteiger partial charge in [-0.05, 0) is 74.0 Å². The normalized spacial score (nSPS) is 20.8. The third-order valence-corrected chi connectivity index (χ3v) is 11.2. The van der Waals surface area contributed by atoms with Crippen molar-refractivity contribution >= 4 is 11.8 Å². The van der Waals surface area contributed by atoms with Gasteiger partial charge in [-0.15, -0.1) is 0 Å². The van der Waals surface area contributed by atoms with Crippen molar-refractivity contribution < 1.29 is 18.9 Å². The van der Waals surface area contributed by atoms with E-state index in [1.165, 1.54) is 15.5 Å². The quantitative estimate of drug-likeness (QED) is 0.169. The summed E-state index contributed by atoms with van der Waals surface area (Å²) in [4.78, 5) is 5.51. The van der Waals surface area contributed by atoms with E-state index < -0.39 is 4.87 Å². The fourth-order valence-corrected chi connectivity index (χ4v) is 8.31. The van der Waals surface area contributed by atoms with Crippen LogP contribution < -0.4 is 18.9 Å². The number of unbranched alkanes of at least 4 members (excludes halogenated alkanes) is 1. The van der Waals surface area contributed by atoms with Crippen LogP contribution >= 0.6 is 11.8 Å². The first kappa shape index (κ1) is 34.4. The zero-order chi connectivity index (χ0) is 32.7. The predicted molar refractivity (Wildman–Crippen MR) is 186 cm³/mol. The Balaban J connectivity index is 1.09. The van der Waals surface area contributed by atoms with Gasteiger partial charge in [0.1, 0.15) is 5.75 Å². The van der Waals surface area contributed by atoms with Crippen molar-refractivity contribution in [3.05, 3.63) is 82.6 Å². The maximum atomic E-state index is 14.0. The number of ether oxygens (including phenoxy) is 4. The molecule has 0 N–H and O–H groups in total. The van der Waals surface area contributed by atoms with Gasteiger partial charge in [0.05, 0.1) is 32.8 Å².